The smallest absolute Gasteiger partial charge is 0.350 e. The van der Waals surface area contributed by atoms with E-state index in [1.165, 1.54) is 20.2 Å². The number of carbonyl (C=O) groups excluding carboxylic acids is 2. The molecule has 1 aromatic carbocycles. The molecule has 110 valence electrons. The van der Waals surface area contributed by atoms with Crippen molar-refractivity contribution in [2.45, 2.75) is 6.92 Å². The molecule has 0 saturated carbocycles. The van der Waals surface area contributed by atoms with Crippen molar-refractivity contribution in [3.63, 3.8) is 0 Å². The van der Waals surface area contributed by atoms with Gasteiger partial charge in [-0.25, -0.2) is 4.79 Å². The Labute approximate surface area is 123 Å². The van der Waals surface area contributed by atoms with Crippen LogP contribution in [0.5, 0.6) is 0 Å². The van der Waals surface area contributed by atoms with E-state index < -0.39 is 5.97 Å². The van der Waals surface area contributed by atoms with Crippen molar-refractivity contribution in [3.8, 4) is 6.07 Å². The molecule has 1 N–H and O–H groups in total. The van der Waals surface area contributed by atoms with Crippen LogP contribution >= 0.6 is 0 Å². The number of anilines is 1. The molecule has 6 heteroatoms. The Morgan fingerprint density at radius 3 is 2.48 bits per heavy atom. The number of nitriles is 1. The summed E-state index contributed by atoms with van der Waals surface area (Å²) < 4.78 is 9.58. The van der Waals surface area contributed by atoms with Crippen molar-refractivity contribution in [2.75, 3.05) is 25.6 Å². The minimum Gasteiger partial charge on any atom is -0.459 e. The number of esters is 1. The van der Waals surface area contributed by atoms with Crippen LogP contribution in [-0.2, 0) is 14.3 Å². The third-order valence-corrected chi connectivity index (χ3v) is 2.54. The summed E-state index contributed by atoms with van der Waals surface area (Å²) in [6.45, 7) is 1.83. The first-order valence-corrected chi connectivity index (χ1v) is 6.22. The van der Waals surface area contributed by atoms with E-state index in [1.807, 2.05) is 0 Å². The molecule has 0 aliphatic carbocycles. The van der Waals surface area contributed by atoms with E-state index in [0.29, 0.717) is 11.3 Å². The summed E-state index contributed by atoms with van der Waals surface area (Å²) in [6, 6.07) is 8.42. The molecule has 1 rings (SSSR count). The number of Topliss-reactive ketones (excluding diaryl/α,β-unsaturated/α-hetero) is 1. The van der Waals surface area contributed by atoms with Gasteiger partial charge in [0.05, 0.1) is 6.61 Å². The van der Waals surface area contributed by atoms with Crippen LogP contribution in [0.1, 0.15) is 17.3 Å². The number of hydrogen-bond donors (Lipinski definition) is 1. The van der Waals surface area contributed by atoms with E-state index in [0.717, 1.165) is 0 Å². The SMILES string of the molecule is COCCOC(=O)/C(C#N)=C/Nc1ccc(C(C)=O)cc1. The zero-order chi connectivity index (χ0) is 15.7. The molecule has 0 unspecified atom stereocenters. The van der Waals surface area contributed by atoms with Crippen molar-refractivity contribution in [1.82, 2.24) is 0 Å². The van der Waals surface area contributed by atoms with Gasteiger partial charge in [-0.3, -0.25) is 4.79 Å². The minimum atomic E-state index is -0.720. The van der Waals surface area contributed by atoms with E-state index >= 15 is 0 Å². The van der Waals surface area contributed by atoms with Gasteiger partial charge in [-0.2, -0.15) is 5.26 Å². The number of hydrogen-bond acceptors (Lipinski definition) is 6. The Kier molecular flexibility index (Phi) is 6.65. The summed E-state index contributed by atoms with van der Waals surface area (Å²) in [6.07, 6.45) is 1.26. The lowest BCUT2D eigenvalue weighted by Crippen LogP contribution is -2.12. The number of ketones is 1. The van der Waals surface area contributed by atoms with Gasteiger partial charge >= 0.3 is 5.97 Å². The Balaban J connectivity index is 2.65. The van der Waals surface area contributed by atoms with Crippen molar-refractivity contribution >= 4 is 17.4 Å². The molecule has 0 spiro atoms. The molecule has 21 heavy (non-hydrogen) atoms. The Hall–Kier alpha value is -2.65. The summed E-state index contributed by atoms with van der Waals surface area (Å²) in [5, 5.41) is 11.7. The summed E-state index contributed by atoms with van der Waals surface area (Å²) >= 11 is 0. The second-order valence-corrected chi connectivity index (χ2v) is 4.08. The summed E-state index contributed by atoms with van der Waals surface area (Å²) in [4.78, 5) is 22.7. The fourth-order valence-electron chi connectivity index (χ4n) is 1.39. The highest BCUT2D eigenvalue weighted by molar-refractivity contribution is 5.94. The van der Waals surface area contributed by atoms with E-state index in [-0.39, 0.29) is 24.6 Å². The van der Waals surface area contributed by atoms with E-state index in [2.05, 4.69) is 5.32 Å². The van der Waals surface area contributed by atoms with Crippen molar-refractivity contribution in [2.24, 2.45) is 0 Å². The maximum absolute atomic E-state index is 11.6. The lowest BCUT2D eigenvalue weighted by molar-refractivity contribution is -0.139. The van der Waals surface area contributed by atoms with Gasteiger partial charge in [-0.05, 0) is 31.2 Å². The molecular weight excluding hydrogens is 272 g/mol. The highest BCUT2D eigenvalue weighted by Crippen LogP contribution is 2.10. The molecule has 0 aliphatic heterocycles. The lowest BCUT2D eigenvalue weighted by Gasteiger charge is -2.04. The monoisotopic (exact) mass is 288 g/mol. The second kappa shape index (κ2) is 8.51. The van der Waals surface area contributed by atoms with Crippen molar-refractivity contribution in [3.05, 3.63) is 41.6 Å². The van der Waals surface area contributed by atoms with Gasteiger partial charge in [-0.15, -0.1) is 0 Å². The van der Waals surface area contributed by atoms with Gasteiger partial charge < -0.3 is 14.8 Å². The van der Waals surface area contributed by atoms with Gasteiger partial charge in [0.2, 0.25) is 0 Å². The number of methoxy groups -OCH3 is 1. The lowest BCUT2D eigenvalue weighted by atomic mass is 10.1. The molecule has 0 aliphatic rings. The van der Waals surface area contributed by atoms with Crippen LogP contribution in [0.15, 0.2) is 36.0 Å². The number of nitrogens with one attached hydrogen (secondary N) is 1. The van der Waals surface area contributed by atoms with Gasteiger partial charge in [0.15, 0.2) is 11.4 Å². The normalized spacial score (nSPS) is 10.6. The van der Waals surface area contributed by atoms with Crippen LogP contribution in [0.2, 0.25) is 0 Å². The average molecular weight is 288 g/mol. The standard InChI is InChI=1S/C15H16N2O4/c1-11(18)12-3-5-14(6-4-12)17-10-13(9-16)15(19)21-8-7-20-2/h3-6,10,17H,7-8H2,1-2H3/b13-10+. The Morgan fingerprint density at radius 2 is 1.95 bits per heavy atom. The number of carbonyl (C=O) groups is 2. The predicted molar refractivity (Wildman–Crippen MR) is 76.6 cm³/mol. The van der Waals surface area contributed by atoms with Crippen LogP contribution in [0.4, 0.5) is 5.69 Å². The highest BCUT2D eigenvalue weighted by Gasteiger charge is 2.10. The van der Waals surface area contributed by atoms with Crippen LogP contribution < -0.4 is 5.32 Å². The predicted octanol–water partition coefficient (Wildman–Crippen LogP) is 1.90. The molecule has 0 amide bonds. The van der Waals surface area contributed by atoms with Gasteiger partial charge in [0.1, 0.15) is 12.7 Å². The largest absolute Gasteiger partial charge is 0.459 e. The van der Waals surface area contributed by atoms with Crippen molar-refractivity contribution in [1.29, 1.82) is 5.26 Å². The fraction of sp³-hybridized carbons (Fsp3) is 0.267. The molecule has 0 bridgehead atoms. The van der Waals surface area contributed by atoms with Crippen LogP contribution in [0.3, 0.4) is 0 Å². The van der Waals surface area contributed by atoms with E-state index in [4.69, 9.17) is 14.7 Å². The molecule has 0 fully saturated rings. The third kappa shape index (κ3) is 5.47. The first-order valence-electron chi connectivity index (χ1n) is 6.22. The topological polar surface area (TPSA) is 88.4 Å². The summed E-state index contributed by atoms with van der Waals surface area (Å²) in [5.74, 6) is -0.751. The zero-order valence-electron chi connectivity index (χ0n) is 11.9. The molecule has 0 atom stereocenters. The van der Waals surface area contributed by atoms with Crippen LogP contribution in [0.25, 0.3) is 0 Å². The molecular formula is C15H16N2O4. The molecule has 0 aromatic heterocycles. The second-order valence-electron chi connectivity index (χ2n) is 4.08. The van der Waals surface area contributed by atoms with Crippen molar-refractivity contribution < 1.29 is 19.1 Å². The molecule has 0 radical (unpaired) electrons. The van der Waals surface area contributed by atoms with Crippen LogP contribution in [0, 0.1) is 11.3 Å². The minimum absolute atomic E-state index is 0.0310. The summed E-state index contributed by atoms with van der Waals surface area (Å²) in [5.41, 5.74) is 1.09. The molecule has 0 saturated heterocycles. The molecule has 1 aromatic rings. The number of nitrogens with zero attached hydrogens (tertiary/aromatic N) is 1. The van der Waals surface area contributed by atoms with Gasteiger partial charge in [0.25, 0.3) is 0 Å². The molecule has 6 nitrogen and oxygen atoms in total. The average Bonchev–Trinajstić information content (AvgIpc) is 2.48. The molecule has 0 heterocycles. The van der Waals surface area contributed by atoms with E-state index in [9.17, 15) is 9.59 Å². The number of benzene rings is 1. The van der Waals surface area contributed by atoms with Gasteiger partial charge in [-0.1, -0.05) is 0 Å². The van der Waals surface area contributed by atoms with E-state index in [1.54, 1.807) is 30.3 Å². The first kappa shape index (κ1) is 16.4. The number of rotatable bonds is 7. The Bertz CT molecular complexity index is 570. The zero-order valence-corrected chi connectivity index (χ0v) is 11.9. The summed E-state index contributed by atoms with van der Waals surface area (Å²) in [7, 11) is 1.49. The Morgan fingerprint density at radius 1 is 1.29 bits per heavy atom. The number of ether oxygens (including phenoxy) is 2. The van der Waals surface area contributed by atoms with Gasteiger partial charge in [0, 0.05) is 24.6 Å². The third-order valence-electron chi connectivity index (χ3n) is 2.54. The maximum Gasteiger partial charge on any atom is 0.350 e. The highest BCUT2D eigenvalue weighted by atomic mass is 16.6. The maximum atomic E-state index is 11.6. The van der Waals surface area contributed by atoms with Crippen LogP contribution in [-0.4, -0.2) is 32.1 Å². The first-order chi connectivity index (χ1) is 10.1. The fourth-order valence-corrected chi connectivity index (χ4v) is 1.39. The quantitative estimate of drug-likeness (QED) is 0.271.